The third-order valence-corrected chi connectivity index (χ3v) is 5.07. The average molecular weight is 342 g/mol. The van der Waals surface area contributed by atoms with E-state index in [-0.39, 0.29) is 10.8 Å². The lowest BCUT2D eigenvalue weighted by molar-refractivity contribution is -0.132. The number of carbonyl (C=O) groups excluding carboxylic acids is 1. The van der Waals surface area contributed by atoms with Crippen LogP contribution in [0.1, 0.15) is 33.3 Å². The van der Waals surface area contributed by atoms with Gasteiger partial charge < -0.3 is 9.64 Å². The van der Waals surface area contributed by atoms with E-state index in [1.165, 1.54) is 6.07 Å². The van der Waals surface area contributed by atoms with Crippen molar-refractivity contribution in [2.75, 3.05) is 19.7 Å². The minimum Gasteiger partial charge on any atom is -0.494 e. The third kappa shape index (κ3) is 4.94. The van der Waals surface area contributed by atoms with Gasteiger partial charge in [0.1, 0.15) is 5.75 Å². The molecule has 23 heavy (non-hydrogen) atoms. The largest absolute Gasteiger partial charge is 0.494 e. The standard InChI is InChI=1S/C16H26N2O4S/c1-6-18(7-2)16(19)13(5)17-23(20,21)14-9-10-15(22-8-3)12(4)11-14/h9-11,13,17H,6-8H2,1-5H3/t13-/m1/s1. The van der Waals surface area contributed by atoms with Crippen molar-refractivity contribution in [1.82, 2.24) is 9.62 Å². The molecule has 1 aromatic rings. The number of carbonyl (C=O) groups is 1. The normalized spacial score (nSPS) is 12.7. The van der Waals surface area contributed by atoms with Crippen molar-refractivity contribution in [3.05, 3.63) is 23.8 Å². The first-order valence-corrected chi connectivity index (χ1v) is 9.29. The van der Waals surface area contributed by atoms with E-state index in [9.17, 15) is 13.2 Å². The molecule has 1 atom stereocenters. The monoisotopic (exact) mass is 342 g/mol. The first-order chi connectivity index (χ1) is 10.8. The van der Waals surface area contributed by atoms with Gasteiger partial charge >= 0.3 is 0 Å². The molecule has 0 saturated carbocycles. The third-order valence-electron chi connectivity index (χ3n) is 3.53. The SMILES string of the molecule is CCOc1ccc(S(=O)(=O)N[C@H](C)C(=O)N(CC)CC)cc1C. The molecule has 0 spiro atoms. The second-order valence-electron chi connectivity index (χ2n) is 5.21. The van der Waals surface area contributed by atoms with Crippen LogP contribution in [0.25, 0.3) is 0 Å². The molecule has 0 bridgehead atoms. The van der Waals surface area contributed by atoms with Crippen LogP contribution in [-0.4, -0.2) is 45.0 Å². The molecule has 130 valence electrons. The Kier molecular flexibility index (Phi) is 7.02. The molecule has 7 heteroatoms. The highest BCUT2D eigenvalue weighted by atomic mass is 32.2. The van der Waals surface area contributed by atoms with Crippen LogP contribution in [0, 0.1) is 6.92 Å². The lowest BCUT2D eigenvalue weighted by atomic mass is 10.2. The zero-order valence-electron chi connectivity index (χ0n) is 14.4. The summed E-state index contributed by atoms with van der Waals surface area (Å²) in [4.78, 5) is 13.9. The summed E-state index contributed by atoms with van der Waals surface area (Å²) in [5.74, 6) is 0.417. The topological polar surface area (TPSA) is 75.7 Å². The highest BCUT2D eigenvalue weighted by Crippen LogP contribution is 2.22. The summed E-state index contributed by atoms with van der Waals surface area (Å²) in [6, 6.07) is 3.84. The van der Waals surface area contributed by atoms with Crippen molar-refractivity contribution in [3.8, 4) is 5.75 Å². The lowest BCUT2D eigenvalue weighted by Crippen LogP contribution is -2.46. The Bertz CT molecular complexity index is 639. The maximum atomic E-state index is 12.4. The molecule has 6 nitrogen and oxygen atoms in total. The van der Waals surface area contributed by atoms with E-state index in [0.717, 1.165) is 5.56 Å². The zero-order valence-corrected chi connectivity index (χ0v) is 15.2. The Morgan fingerprint density at radius 1 is 1.26 bits per heavy atom. The Balaban J connectivity index is 2.95. The summed E-state index contributed by atoms with van der Waals surface area (Å²) < 4.78 is 32.7. The van der Waals surface area contributed by atoms with E-state index in [1.807, 2.05) is 20.8 Å². The van der Waals surface area contributed by atoms with E-state index >= 15 is 0 Å². The van der Waals surface area contributed by atoms with Crippen LogP contribution in [0.2, 0.25) is 0 Å². The van der Waals surface area contributed by atoms with Gasteiger partial charge in [-0.15, -0.1) is 0 Å². The van der Waals surface area contributed by atoms with E-state index < -0.39 is 16.1 Å². The van der Waals surface area contributed by atoms with Gasteiger partial charge in [-0.05, 0) is 58.4 Å². The number of rotatable bonds is 8. The number of ether oxygens (including phenoxy) is 1. The molecule has 0 aliphatic rings. The van der Waals surface area contributed by atoms with Crippen LogP contribution in [0.15, 0.2) is 23.1 Å². The fourth-order valence-corrected chi connectivity index (χ4v) is 3.55. The Morgan fingerprint density at radius 3 is 2.35 bits per heavy atom. The lowest BCUT2D eigenvalue weighted by Gasteiger charge is -2.23. The molecule has 1 rings (SSSR count). The second-order valence-corrected chi connectivity index (χ2v) is 6.93. The van der Waals surface area contributed by atoms with Crippen LogP contribution in [0.5, 0.6) is 5.75 Å². The smallest absolute Gasteiger partial charge is 0.241 e. The number of nitrogens with one attached hydrogen (secondary N) is 1. The van der Waals surface area contributed by atoms with Gasteiger partial charge in [0.05, 0.1) is 17.5 Å². The molecule has 0 aliphatic heterocycles. The number of hydrogen-bond donors (Lipinski definition) is 1. The minimum absolute atomic E-state index is 0.123. The number of nitrogens with zero attached hydrogens (tertiary/aromatic N) is 1. The van der Waals surface area contributed by atoms with Crippen molar-refractivity contribution >= 4 is 15.9 Å². The highest BCUT2D eigenvalue weighted by Gasteiger charge is 2.25. The van der Waals surface area contributed by atoms with E-state index in [1.54, 1.807) is 30.9 Å². The van der Waals surface area contributed by atoms with E-state index in [2.05, 4.69) is 4.72 Å². The van der Waals surface area contributed by atoms with Crippen molar-refractivity contribution in [3.63, 3.8) is 0 Å². The molecule has 0 saturated heterocycles. The number of amides is 1. The Morgan fingerprint density at radius 2 is 1.87 bits per heavy atom. The molecular weight excluding hydrogens is 316 g/mol. The first-order valence-electron chi connectivity index (χ1n) is 7.81. The quantitative estimate of drug-likeness (QED) is 0.783. The van der Waals surface area contributed by atoms with Crippen molar-refractivity contribution in [2.45, 2.75) is 45.6 Å². The van der Waals surface area contributed by atoms with Crippen LogP contribution in [0.4, 0.5) is 0 Å². The maximum absolute atomic E-state index is 12.4. The summed E-state index contributed by atoms with van der Waals surface area (Å²) in [5, 5.41) is 0. The summed E-state index contributed by atoms with van der Waals surface area (Å²) in [5.41, 5.74) is 0.734. The Labute approximate surface area is 138 Å². The van der Waals surface area contributed by atoms with Crippen molar-refractivity contribution in [1.29, 1.82) is 0 Å². The average Bonchev–Trinajstić information content (AvgIpc) is 2.50. The predicted octanol–water partition coefficient (Wildman–Crippen LogP) is 1.93. The van der Waals surface area contributed by atoms with Gasteiger partial charge in [-0.3, -0.25) is 4.79 Å². The van der Waals surface area contributed by atoms with E-state index in [4.69, 9.17) is 4.74 Å². The van der Waals surface area contributed by atoms with Gasteiger partial charge in [-0.25, -0.2) is 8.42 Å². The Hall–Kier alpha value is -1.60. The van der Waals surface area contributed by atoms with Gasteiger partial charge in [0.15, 0.2) is 0 Å². The van der Waals surface area contributed by atoms with E-state index in [0.29, 0.717) is 25.4 Å². The molecular formula is C16H26N2O4S. The van der Waals surface area contributed by atoms with Gasteiger partial charge in [-0.1, -0.05) is 0 Å². The van der Waals surface area contributed by atoms with Gasteiger partial charge in [-0.2, -0.15) is 4.72 Å². The molecule has 0 heterocycles. The van der Waals surface area contributed by atoms with Crippen LogP contribution < -0.4 is 9.46 Å². The highest BCUT2D eigenvalue weighted by molar-refractivity contribution is 7.89. The molecule has 1 N–H and O–H groups in total. The molecule has 0 unspecified atom stereocenters. The predicted molar refractivity (Wildman–Crippen MR) is 90.1 cm³/mol. The number of benzene rings is 1. The summed E-state index contributed by atoms with van der Waals surface area (Å²) in [7, 11) is -3.76. The van der Waals surface area contributed by atoms with Crippen molar-refractivity contribution < 1.29 is 17.9 Å². The number of sulfonamides is 1. The summed E-state index contributed by atoms with van der Waals surface area (Å²) in [6.07, 6.45) is 0. The summed E-state index contributed by atoms with van der Waals surface area (Å²) in [6.45, 7) is 10.5. The van der Waals surface area contributed by atoms with Crippen molar-refractivity contribution in [2.24, 2.45) is 0 Å². The first kappa shape index (κ1) is 19.4. The number of hydrogen-bond acceptors (Lipinski definition) is 4. The molecule has 1 amide bonds. The molecule has 0 aliphatic carbocycles. The number of likely N-dealkylation sites (N-methyl/N-ethyl adjacent to an activating group) is 1. The van der Waals surface area contributed by atoms with Gasteiger partial charge in [0, 0.05) is 13.1 Å². The van der Waals surface area contributed by atoms with Crippen LogP contribution >= 0.6 is 0 Å². The fraction of sp³-hybridized carbons (Fsp3) is 0.562. The number of aryl methyl sites for hydroxylation is 1. The molecule has 0 aromatic heterocycles. The van der Waals surface area contributed by atoms with Gasteiger partial charge in [0.25, 0.3) is 0 Å². The molecule has 0 fully saturated rings. The zero-order chi connectivity index (χ0) is 17.6. The summed E-state index contributed by atoms with van der Waals surface area (Å²) >= 11 is 0. The molecule has 0 radical (unpaired) electrons. The molecule has 1 aromatic carbocycles. The van der Waals surface area contributed by atoms with Gasteiger partial charge in [0.2, 0.25) is 15.9 Å². The maximum Gasteiger partial charge on any atom is 0.241 e. The van der Waals surface area contributed by atoms with Crippen LogP contribution in [-0.2, 0) is 14.8 Å². The van der Waals surface area contributed by atoms with Crippen LogP contribution in [0.3, 0.4) is 0 Å². The second kappa shape index (κ2) is 8.31. The minimum atomic E-state index is -3.76. The fourth-order valence-electron chi connectivity index (χ4n) is 2.27.